The maximum atomic E-state index is 11.1. The molecule has 0 aliphatic carbocycles. The number of aliphatic carboxylic acids is 1. The molecule has 0 aromatic heterocycles. The van der Waals surface area contributed by atoms with Crippen LogP contribution in [-0.4, -0.2) is 26.8 Å². The monoisotopic (exact) mass is 261 g/mol. The zero-order valence-corrected chi connectivity index (χ0v) is 9.82. The van der Waals surface area contributed by atoms with Crippen LogP contribution in [0, 0.1) is 5.92 Å². The van der Waals surface area contributed by atoms with Gasteiger partial charge in [-0.2, -0.15) is 0 Å². The first-order chi connectivity index (χ1) is 6.16. The van der Waals surface area contributed by atoms with Gasteiger partial charge in [0.05, 0.1) is 0 Å². The van der Waals surface area contributed by atoms with Crippen LogP contribution < -0.4 is 5.32 Å². The third kappa shape index (κ3) is 4.35. The zero-order valence-electron chi connectivity index (χ0n) is 7.55. The summed E-state index contributed by atoms with van der Waals surface area (Å²) >= 11 is 15.8. The van der Waals surface area contributed by atoms with Crippen LogP contribution in [0.4, 0.5) is 0 Å². The Labute approximate surface area is 96.5 Å². The third-order valence-corrected chi connectivity index (χ3v) is 1.99. The second-order valence-electron chi connectivity index (χ2n) is 3.03. The van der Waals surface area contributed by atoms with E-state index in [2.05, 4.69) is 5.32 Å². The first kappa shape index (κ1) is 13.8. The van der Waals surface area contributed by atoms with Gasteiger partial charge in [-0.3, -0.25) is 4.79 Å². The molecule has 0 saturated carbocycles. The van der Waals surface area contributed by atoms with E-state index in [9.17, 15) is 9.59 Å². The molecule has 14 heavy (non-hydrogen) atoms. The van der Waals surface area contributed by atoms with Gasteiger partial charge in [0.1, 0.15) is 6.04 Å². The first-order valence-electron chi connectivity index (χ1n) is 3.76. The van der Waals surface area contributed by atoms with E-state index < -0.39 is 21.7 Å². The molecular weight excluding hydrogens is 252 g/mol. The molecule has 0 radical (unpaired) electrons. The van der Waals surface area contributed by atoms with Crippen LogP contribution in [0.3, 0.4) is 0 Å². The fourth-order valence-electron chi connectivity index (χ4n) is 0.737. The Balaban J connectivity index is 4.48. The van der Waals surface area contributed by atoms with Gasteiger partial charge >= 0.3 is 5.97 Å². The van der Waals surface area contributed by atoms with E-state index in [1.807, 2.05) is 0 Å². The van der Waals surface area contributed by atoms with Crippen LogP contribution in [0.15, 0.2) is 0 Å². The normalized spacial score (nSPS) is 13.9. The summed E-state index contributed by atoms with van der Waals surface area (Å²) in [6, 6.07) is -1.06. The smallest absolute Gasteiger partial charge is 0.326 e. The maximum Gasteiger partial charge on any atom is 0.326 e. The van der Waals surface area contributed by atoms with Crippen molar-refractivity contribution in [2.45, 2.75) is 23.7 Å². The lowest BCUT2D eigenvalue weighted by atomic mass is 10.1. The highest BCUT2D eigenvalue weighted by atomic mass is 35.6. The second-order valence-corrected chi connectivity index (χ2v) is 5.31. The fourth-order valence-corrected chi connectivity index (χ4v) is 0.900. The van der Waals surface area contributed by atoms with Crippen molar-refractivity contribution in [1.29, 1.82) is 0 Å². The highest BCUT2D eigenvalue weighted by Gasteiger charge is 2.34. The zero-order chi connectivity index (χ0) is 11.5. The van der Waals surface area contributed by atoms with E-state index in [0.717, 1.165) is 0 Å². The molecule has 0 aromatic rings. The van der Waals surface area contributed by atoms with E-state index in [1.165, 1.54) is 0 Å². The number of carbonyl (C=O) groups is 2. The van der Waals surface area contributed by atoms with Gasteiger partial charge in [0, 0.05) is 0 Å². The molecule has 0 saturated heterocycles. The molecule has 2 N–H and O–H groups in total. The van der Waals surface area contributed by atoms with Gasteiger partial charge in [0.15, 0.2) is 0 Å². The Morgan fingerprint density at radius 3 is 1.93 bits per heavy atom. The lowest BCUT2D eigenvalue weighted by Crippen LogP contribution is -2.48. The number of alkyl halides is 3. The lowest BCUT2D eigenvalue weighted by Gasteiger charge is -2.20. The van der Waals surface area contributed by atoms with Gasteiger partial charge in [-0.05, 0) is 5.92 Å². The van der Waals surface area contributed by atoms with Crippen molar-refractivity contribution in [3.63, 3.8) is 0 Å². The number of carboxylic acid groups (broad SMARTS) is 1. The van der Waals surface area contributed by atoms with E-state index in [4.69, 9.17) is 39.9 Å². The number of hydrogen-bond acceptors (Lipinski definition) is 2. The molecule has 1 atom stereocenters. The van der Waals surface area contributed by atoms with Crippen molar-refractivity contribution in [1.82, 2.24) is 5.32 Å². The molecule has 0 aliphatic rings. The Morgan fingerprint density at radius 2 is 1.71 bits per heavy atom. The van der Waals surface area contributed by atoms with Crippen LogP contribution in [-0.2, 0) is 9.59 Å². The van der Waals surface area contributed by atoms with Crippen LogP contribution in [0.1, 0.15) is 13.8 Å². The predicted octanol–water partition coefficient (Wildman–Crippen LogP) is 1.58. The molecule has 0 unspecified atom stereocenters. The highest BCUT2D eigenvalue weighted by molar-refractivity contribution is 6.76. The van der Waals surface area contributed by atoms with E-state index in [0.29, 0.717) is 0 Å². The quantitative estimate of drug-likeness (QED) is 0.759. The molecule has 0 heterocycles. The molecular formula is C7H10Cl3NO3. The molecule has 82 valence electrons. The van der Waals surface area contributed by atoms with E-state index >= 15 is 0 Å². The maximum absolute atomic E-state index is 11.1. The number of hydrogen-bond donors (Lipinski definition) is 2. The van der Waals surface area contributed by atoms with Gasteiger partial charge in [-0.15, -0.1) is 0 Å². The summed E-state index contributed by atoms with van der Waals surface area (Å²) < 4.78 is -2.14. The van der Waals surface area contributed by atoms with Crippen molar-refractivity contribution < 1.29 is 14.7 Å². The molecule has 7 heteroatoms. The second kappa shape index (κ2) is 5.05. The van der Waals surface area contributed by atoms with Crippen molar-refractivity contribution in [2.75, 3.05) is 0 Å². The van der Waals surface area contributed by atoms with Crippen LogP contribution in [0.25, 0.3) is 0 Å². The minimum Gasteiger partial charge on any atom is -0.480 e. The van der Waals surface area contributed by atoms with Gasteiger partial charge in [-0.25, -0.2) is 4.79 Å². The van der Waals surface area contributed by atoms with Gasteiger partial charge < -0.3 is 10.4 Å². The molecule has 0 aliphatic heterocycles. The van der Waals surface area contributed by atoms with Gasteiger partial charge in [0.2, 0.25) is 0 Å². The summed E-state index contributed by atoms with van der Waals surface area (Å²) in [5, 5.41) is 10.8. The SMILES string of the molecule is CC(C)[C@H](NC(=O)C(Cl)(Cl)Cl)C(=O)O. The molecule has 0 aromatic carbocycles. The van der Waals surface area contributed by atoms with Crippen molar-refractivity contribution >= 4 is 46.7 Å². The number of nitrogens with one attached hydrogen (secondary N) is 1. The lowest BCUT2D eigenvalue weighted by molar-refractivity contribution is -0.142. The van der Waals surface area contributed by atoms with E-state index in [1.54, 1.807) is 13.8 Å². The Morgan fingerprint density at radius 1 is 1.29 bits per heavy atom. The predicted molar refractivity (Wildman–Crippen MR) is 54.7 cm³/mol. The first-order valence-corrected chi connectivity index (χ1v) is 4.90. The van der Waals surface area contributed by atoms with Crippen molar-refractivity contribution in [3.8, 4) is 0 Å². The van der Waals surface area contributed by atoms with Crippen molar-refractivity contribution in [3.05, 3.63) is 0 Å². The standard InChI is InChI=1S/C7H10Cl3NO3/c1-3(2)4(5(12)13)11-6(14)7(8,9)10/h3-4H,1-2H3,(H,11,14)(H,12,13)/t4-/m0/s1. The molecule has 1 amide bonds. The number of amides is 1. The van der Waals surface area contributed by atoms with Crippen LogP contribution in [0.5, 0.6) is 0 Å². The summed E-state index contributed by atoms with van der Waals surface area (Å²) in [7, 11) is 0. The minimum atomic E-state index is -2.14. The average molecular weight is 263 g/mol. The summed E-state index contributed by atoms with van der Waals surface area (Å²) in [5.74, 6) is -2.39. The number of carbonyl (C=O) groups excluding carboxylic acids is 1. The topological polar surface area (TPSA) is 66.4 Å². The summed E-state index contributed by atoms with van der Waals surface area (Å²) in [5.41, 5.74) is 0. The summed E-state index contributed by atoms with van der Waals surface area (Å²) in [6.45, 7) is 3.27. The third-order valence-electron chi connectivity index (χ3n) is 1.48. The molecule has 0 bridgehead atoms. The van der Waals surface area contributed by atoms with E-state index in [-0.39, 0.29) is 5.92 Å². The summed E-state index contributed by atoms with van der Waals surface area (Å²) in [6.07, 6.45) is 0. The Bertz CT molecular complexity index is 237. The van der Waals surface area contributed by atoms with Crippen LogP contribution in [0.2, 0.25) is 0 Å². The number of carboxylic acids is 1. The van der Waals surface area contributed by atoms with Crippen LogP contribution >= 0.6 is 34.8 Å². The Hall–Kier alpha value is -0.190. The Kier molecular flexibility index (Phi) is 4.98. The highest BCUT2D eigenvalue weighted by Crippen LogP contribution is 2.26. The van der Waals surface area contributed by atoms with Gasteiger partial charge in [-0.1, -0.05) is 48.7 Å². The fraction of sp³-hybridized carbons (Fsp3) is 0.714. The van der Waals surface area contributed by atoms with Gasteiger partial charge in [0.25, 0.3) is 9.70 Å². The molecule has 0 rings (SSSR count). The van der Waals surface area contributed by atoms with Crippen molar-refractivity contribution in [2.24, 2.45) is 5.92 Å². The summed E-state index contributed by atoms with van der Waals surface area (Å²) in [4.78, 5) is 21.8. The number of halogens is 3. The number of rotatable bonds is 3. The minimum absolute atomic E-state index is 0.288. The molecule has 4 nitrogen and oxygen atoms in total. The molecule has 0 spiro atoms. The molecule has 0 fully saturated rings. The largest absolute Gasteiger partial charge is 0.480 e. The average Bonchev–Trinajstić information content (AvgIpc) is 1.96.